The van der Waals surface area contributed by atoms with Crippen molar-refractivity contribution in [3.05, 3.63) is 101 Å². The van der Waals surface area contributed by atoms with Crippen molar-refractivity contribution in [1.82, 2.24) is 4.90 Å². The number of hydrogen-bond acceptors (Lipinski definition) is 6. The lowest BCUT2D eigenvalue weighted by Gasteiger charge is -2.24. The van der Waals surface area contributed by atoms with E-state index in [1.165, 1.54) is 19.1 Å². The van der Waals surface area contributed by atoms with Gasteiger partial charge in [0.15, 0.2) is 12.4 Å². The van der Waals surface area contributed by atoms with Crippen molar-refractivity contribution >= 4 is 35.2 Å². The molecule has 1 aliphatic heterocycles. The van der Waals surface area contributed by atoms with Crippen molar-refractivity contribution in [2.75, 3.05) is 11.9 Å². The zero-order valence-corrected chi connectivity index (χ0v) is 18.9. The van der Waals surface area contributed by atoms with Crippen LogP contribution in [0.2, 0.25) is 0 Å². The largest absolute Gasteiger partial charge is 0.454 e. The summed E-state index contributed by atoms with van der Waals surface area (Å²) in [5, 5.41) is 2.55. The maximum absolute atomic E-state index is 13.1. The number of nitrogens with zero attached hydrogens (tertiary/aromatic N) is 1. The lowest BCUT2D eigenvalue weighted by atomic mass is 10.0. The van der Waals surface area contributed by atoms with Crippen LogP contribution in [0.4, 0.5) is 5.69 Å². The molecule has 1 heterocycles. The van der Waals surface area contributed by atoms with Crippen LogP contribution in [0.15, 0.2) is 78.9 Å². The fourth-order valence-corrected chi connectivity index (χ4v) is 3.93. The Balaban J connectivity index is 1.52. The highest BCUT2D eigenvalue weighted by atomic mass is 16.5. The van der Waals surface area contributed by atoms with Gasteiger partial charge in [-0.25, -0.2) is 4.79 Å². The molecule has 0 saturated carbocycles. The SMILES string of the molecule is CC(=O)c1ccccc1NC(=O)COC(=O)C(Cc1ccccc1)N1C(=O)c2ccccc2C1=O. The summed E-state index contributed by atoms with van der Waals surface area (Å²) in [4.78, 5) is 64.2. The first-order chi connectivity index (χ1) is 16.9. The van der Waals surface area contributed by atoms with E-state index >= 15 is 0 Å². The molecule has 4 rings (SSSR count). The van der Waals surface area contributed by atoms with Crippen molar-refractivity contribution in [3.8, 4) is 0 Å². The van der Waals surface area contributed by atoms with E-state index in [1.807, 2.05) is 6.07 Å². The number of nitrogens with one attached hydrogen (secondary N) is 1. The molecule has 176 valence electrons. The smallest absolute Gasteiger partial charge is 0.330 e. The molecule has 0 saturated heterocycles. The average Bonchev–Trinajstić information content (AvgIpc) is 3.12. The monoisotopic (exact) mass is 470 g/mol. The van der Waals surface area contributed by atoms with Gasteiger partial charge >= 0.3 is 5.97 Å². The summed E-state index contributed by atoms with van der Waals surface area (Å²) < 4.78 is 5.24. The van der Waals surface area contributed by atoms with Crippen LogP contribution in [0.3, 0.4) is 0 Å². The number of hydrogen-bond donors (Lipinski definition) is 1. The van der Waals surface area contributed by atoms with Gasteiger partial charge in [-0.05, 0) is 36.8 Å². The molecule has 0 aliphatic carbocycles. The Hall–Kier alpha value is -4.59. The lowest BCUT2D eigenvalue weighted by molar-refractivity contribution is -0.151. The molecule has 1 aliphatic rings. The van der Waals surface area contributed by atoms with Crippen molar-refractivity contribution in [2.45, 2.75) is 19.4 Å². The minimum Gasteiger partial charge on any atom is -0.454 e. The molecular weight excluding hydrogens is 448 g/mol. The third-order valence-electron chi connectivity index (χ3n) is 5.61. The summed E-state index contributed by atoms with van der Waals surface area (Å²) in [6.07, 6.45) is 0.0277. The van der Waals surface area contributed by atoms with E-state index in [0.29, 0.717) is 16.8 Å². The van der Waals surface area contributed by atoms with Crippen LogP contribution in [-0.4, -0.2) is 47.0 Å². The molecule has 1 atom stereocenters. The number of Topliss-reactive ketones (excluding diaryl/α,β-unsaturated/α-hetero) is 1. The van der Waals surface area contributed by atoms with E-state index in [9.17, 15) is 24.0 Å². The zero-order valence-electron chi connectivity index (χ0n) is 18.9. The van der Waals surface area contributed by atoms with Gasteiger partial charge in [0.25, 0.3) is 17.7 Å². The number of anilines is 1. The molecule has 8 heteroatoms. The summed E-state index contributed by atoms with van der Waals surface area (Å²) in [5.74, 6) is -2.97. The van der Waals surface area contributed by atoms with Crippen LogP contribution < -0.4 is 5.32 Å². The lowest BCUT2D eigenvalue weighted by Crippen LogP contribution is -2.47. The van der Waals surface area contributed by atoms with Gasteiger partial charge in [-0.15, -0.1) is 0 Å². The van der Waals surface area contributed by atoms with E-state index in [4.69, 9.17) is 4.74 Å². The molecular formula is C27H22N2O6. The molecule has 3 aromatic rings. The minimum atomic E-state index is -1.26. The first-order valence-corrected chi connectivity index (χ1v) is 10.9. The number of amides is 3. The van der Waals surface area contributed by atoms with E-state index in [-0.39, 0.29) is 23.3 Å². The Morgan fingerprint density at radius 3 is 2.03 bits per heavy atom. The molecule has 1 unspecified atom stereocenters. The Kier molecular flexibility index (Phi) is 6.82. The van der Waals surface area contributed by atoms with Gasteiger partial charge in [-0.1, -0.05) is 54.6 Å². The second-order valence-electron chi connectivity index (χ2n) is 7.99. The van der Waals surface area contributed by atoms with E-state index < -0.39 is 36.3 Å². The molecule has 0 fully saturated rings. The number of ether oxygens (including phenoxy) is 1. The van der Waals surface area contributed by atoms with Crippen LogP contribution in [0.1, 0.15) is 43.6 Å². The second-order valence-corrected chi connectivity index (χ2v) is 7.99. The van der Waals surface area contributed by atoms with Crippen LogP contribution in [0, 0.1) is 0 Å². The number of ketones is 1. The fourth-order valence-electron chi connectivity index (χ4n) is 3.93. The van der Waals surface area contributed by atoms with Gasteiger partial charge in [-0.2, -0.15) is 0 Å². The number of para-hydroxylation sites is 1. The van der Waals surface area contributed by atoms with Gasteiger partial charge < -0.3 is 10.1 Å². The van der Waals surface area contributed by atoms with Crippen molar-refractivity contribution in [3.63, 3.8) is 0 Å². The van der Waals surface area contributed by atoms with Gasteiger partial charge in [0.05, 0.1) is 16.8 Å². The highest BCUT2D eigenvalue weighted by Gasteiger charge is 2.43. The molecule has 3 amide bonds. The molecule has 0 radical (unpaired) electrons. The first kappa shape index (κ1) is 23.6. The summed E-state index contributed by atoms with van der Waals surface area (Å²) in [7, 11) is 0. The molecule has 1 N–H and O–H groups in total. The number of imide groups is 1. The quantitative estimate of drug-likeness (QED) is 0.307. The molecule has 35 heavy (non-hydrogen) atoms. The van der Waals surface area contributed by atoms with E-state index in [1.54, 1.807) is 60.7 Å². The Morgan fingerprint density at radius 1 is 0.829 bits per heavy atom. The van der Waals surface area contributed by atoms with E-state index in [2.05, 4.69) is 5.32 Å². The predicted octanol–water partition coefficient (Wildman–Crippen LogP) is 3.28. The van der Waals surface area contributed by atoms with Gasteiger partial charge in [0.2, 0.25) is 0 Å². The Morgan fingerprint density at radius 2 is 1.40 bits per heavy atom. The fraction of sp³-hybridized carbons (Fsp3) is 0.148. The Labute approximate surface area is 201 Å². The van der Waals surface area contributed by atoms with Gasteiger partial charge in [0, 0.05) is 12.0 Å². The summed E-state index contributed by atoms with van der Waals surface area (Å²) in [6.45, 7) is 0.723. The maximum atomic E-state index is 13.1. The van der Waals surface area contributed by atoms with Crippen molar-refractivity contribution in [2.24, 2.45) is 0 Å². The number of carbonyl (C=O) groups is 5. The molecule has 0 aromatic heterocycles. The van der Waals surface area contributed by atoms with E-state index in [0.717, 1.165) is 4.90 Å². The van der Waals surface area contributed by atoms with Gasteiger partial charge in [-0.3, -0.25) is 24.1 Å². The van der Waals surface area contributed by atoms with Crippen molar-refractivity contribution in [1.29, 1.82) is 0 Å². The topological polar surface area (TPSA) is 110 Å². The number of rotatable bonds is 8. The minimum absolute atomic E-state index is 0.0277. The molecule has 8 nitrogen and oxygen atoms in total. The summed E-state index contributed by atoms with van der Waals surface area (Å²) in [5.41, 5.74) is 1.75. The molecule has 0 spiro atoms. The third kappa shape index (κ3) is 5.01. The predicted molar refractivity (Wildman–Crippen MR) is 127 cm³/mol. The highest BCUT2D eigenvalue weighted by Crippen LogP contribution is 2.26. The Bertz CT molecular complexity index is 1280. The van der Waals surface area contributed by atoms with Crippen LogP contribution >= 0.6 is 0 Å². The highest BCUT2D eigenvalue weighted by molar-refractivity contribution is 6.22. The molecule has 3 aromatic carbocycles. The third-order valence-corrected chi connectivity index (χ3v) is 5.61. The standard InChI is InChI=1S/C27H22N2O6/c1-17(30)19-11-7-8-14-22(19)28-24(31)16-35-27(34)23(15-18-9-3-2-4-10-18)29-25(32)20-12-5-6-13-21(20)26(29)33/h2-14,23H,15-16H2,1H3,(H,28,31). The summed E-state index contributed by atoms with van der Waals surface area (Å²) >= 11 is 0. The summed E-state index contributed by atoms with van der Waals surface area (Å²) in [6, 6.07) is 20.4. The number of benzene rings is 3. The maximum Gasteiger partial charge on any atom is 0.330 e. The van der Waals surface area contributed by atoms with Crippen LogP contribution in [0.5, 0.6) is 0 Å². The average molecular weight is 470 g/mol. The zero-order chi connectivity index (χ0) is 24.9. The second kappa shape index (κ2) is 10.1. The van der Waals surface area contributed by atoms with Crippen LogP contribution in [-0.2, 0) is 20.7 Å². The molecule has 0 bridgehead atoms. The van der Waals surface area contributed by atoms with Crippen molar-refractivity contribution < 1.29 is 28.7 Å². The number of fused-ring (bicyclic) bond motifs is 1. The number of esters is 1. The van der Waals surface area contributed by atoms with Gasteiger partial charge in [0.1, 0.15) is 6.04 Å². The number of carbonyl (C=O) groups excluding carboxylic acids is 5. The van der Waals surface area contributed by atoms with Crippen LogP contribution in [0.25, 0.3) is 0 Å². The normalized spacial score (nSPS) is 13.2. The first-order valence-electron chi connectivity index (χ1n) is 10.9.